The van der Waals surface area contributed by atoms with Crippen molar-refractivity contribution in [2.45, 2.75) is 30.7 Å². The Labute approximate surface area is 96.8 Å². The molecule has 0 aromatic carbocycles. The molecular weight excluding hydrogens is 259 g/mol. The van der Waals surface area contributed by atoms with Crippen molar-refractivity contribution in [3.8, 4) is 0 Å². The quantitative estimate of drug-likeness (QED) is 0.352. The third-order valence-corrected chi connectivity index (χ3v) is 2.79. The van der Waals surface area contributed by atoms with Crippen LogP contribution in [-0.4, -0.2) is 69.5 Å². The van der Waals surface area contributed by atoms with Crippen LogP contribution in [0.5, 0.6) is 0 Å². The molecule has 0 aliphatic carbocycles. The van der Waals surface area contributed by atoms with Crippen LogP contribution in [0.2, 0.25) is 0 Å². The summed E-state index contributed by atoms with van der Waals surface area (Å²) in [5.74, 6) is 0. The summed E-state index contributed by atoms with van der Waals surface area (Å²) in [6, 6.07) is 0. The van der Waals surface area contributed by atoms with Gasteiger partial charge in [0.2, 0.25) is 0 Å². The summed E-state index contributed by atoms with van der Waals surface area (Å²) >= 11 is 0. The first-order chi connectivity index (χ1) is 7.76. The maximum absolute atomic E-state index is 10.5. The molecule has 5 N–H and O–H groups in total. The molecule has 0 spiro atoms. The molecule has 2 unspecified atom stereocenters. The third-order valence-electron chi connectivity index (χ3n) is 2.31. The molecule has 10 heteroatoms. The highest BCUT2D eigenvalue weighted by molar-refractivity contribution is 7.46. The molecule has 0 amide bonds. The van der Waals surface area contributed by atoms with Gasteiger partial charge in [-0.25, -0.2) is 4.57 Å². The van der Waals surface area contributed by atoms with E-state index in [0.717, 1.165) is 0 Å². The van der Waals surface area contributed by atoms with Crippen molar-refractivity contribution in [1.82, 2.24) is 0 Å². The lowest BCUT2D eigenvalue weighted by atomic mass is 9.99. The van der Waals surface area contributed by atoms with Gasteiger partial charge in [-0.2, -0.15) is 0 Å². The van der Waals surface area contributed by atoms with Crippen LogP contribution in [0.3, 0.4) is 0 Å². The van der Waals surface area contributed by atoms with Crippen molar-refractivity contribution >= 4 is 7.82 Å². The first kappa shape index (κ1) is 15.0. The van der Waals surface area contributed by atoms with Crippen molar-refractivity contribution in [1.29, 1.82) is 0 Å². The second-order valence-electron chi connectivity index (χ2n) is 3.54. The van der Waals surface area contributed by atoms with Crippen LogP contribution in [0.1, 0.15) is 0 Å². The predicted octanol–water partition coefficient (Wildman–Crippen LogP) is -2.45. The molecular formula is C7H15O9P. The van der Waals surface area contributed by atoms with E-state index in [-0.39, 0.29) is 0 Å². The van der Waals surface area contributed by atoms with Crippen molar-refractivity contribution in [2.75, 3.05) is 13.7 Å². The van der Waals surface area contributed by atoms with E-state index in [1.54, 1.807) is 0 Å². The van der Waals surface area contributed by atoms with Gasteiger partial charge >= 0.3 is 7.82 Å². The topological polar surface area (TPSA) is 146 Å². The Morgan fingerprint density at radius 3 is 2.24 bits per heavy atom. The van der Waals surface area contributed by atoms with Crippen LogP contribution in [0, 0.1) is 0 Å². The van der Waals surface area contributed by atoms with Crippen LogP contribution >= 0.6 is 7.82 Å². The van der Waals surface area contributed by atoms with E-state index in [2.05, 4.69) is 4.52 Å². The summed E-state index contributed by atoms with van der Waals surface area (Å²) in [6.45, 7) is -0.644. The summed E-state index contributed by atoms with van der Waals surface area (Å²) in [5.41, 5.74) is 0. The van der Waals surface area contributed by atoms with Crippen molar-refractivity contribution in [3.05, 3.63) is 0 Å². The third kappa shape index (κ3) is 3.95. The first-order valence-corrected chi connectivity index (χ1v) is 6.22. The number of ether oxygens (including phenoxy) is 2. The van der Waals surface area contributed by atoms with E-state index in [9.17, 15) is 19.9 Å². The summed E-state index contributed by atoms with van der Waals surface area (Å²) < 4.78 is 24.3. The molecule has 1 aliphatic heterocycles. The molecule has 1 aliphatic rings. The minimum atomic E-state index is -4.70. The maximum atomic E-state index is 10.5. The molecule has 1 saturated heterocycles. The largest absolute Gasteiger partial charge is 0.469 e. The van der Waals surface area contributed by atoms with Gasteiger partial charge in [-0.15, -0.1) is 0 Å². The Balaban J connectivity index is 2.62. The fourth-order valence-corrected chi connectivity index (χ4v) is 1.76. The van der Waals surface area contributed by atoms with Crippen molar-refractivity contribution < 1.29 is 43.7 Å². The van der Waals surface area contributed by atoms with Gasteiger partial charge in [0.15, 0.2) is 6.29 Å². The number of hydrogen-bond acceptors (Lipinski definition) is 7. The summed E-state index contributed by atoms with van der Waals surface area (Å²) in [5, 5.41) is 28.3. The number of aliphatic hydroxyl groups is 3. The summed E-state index contributed by atoms with van der Waals surface area (Å²) in [4.78, 5) is 17.0. The highest BCUT2D eigenvalue weighted by Gasteiger charge is 2.44. The van der Waals surface area contributed by atoms with Crippen LogP contribution in [0.15, 0.2) is 0 Å². The number of phosphoric acid groups is 1. The second kappa shape index (κ2) is 5.70. The van der Waals surface area contributed by atoms with E-state index < -0.39 is 45.1 Å². The normalized spacial score (nSPS) is 39.3. The van der Waals surface area contributed by atoms with Crippen LogP contribution < -0.4 is 0 Å². The monoisotopic (exact) mass is 274 g/mol. The van der Waals surface area contributed by atoms with E-state index >= 15 is 0 Å². The van der Waals surface area contributed by atoms with Gasteiger partial charge in [0.1, 0.15) is 24.4 Å². The standard InChI is InChI=1S/C7H15O9P/c1-14-7-6(10)5(9)4(8)3(16-7)2-15-17(11,12)13/h3-10H,2H2,1H3,(H2,11,12,13)/t3?,4-,5?,6-,7+/m1/s1. The minimum Gasteiger partial charge on any atom is -0.387 e. The Morgan fingerprint density at radius 2 is 1.76 bits per heavy atom. The molecule has 1 rings (SSSR count). The Hall–Kier alpha value is -0.0900. The van der Waals surface area contributed by atoms with E-state index in [1.165, 1.54) is 7.11 Å². The average Bonchev–Trinajstić information content (AvgIpc) is 2.24. The summed E-state index contributed by atoms with van der Waals surface area (Å²) in [7, 11) is -3.49. The molecule has 1 fully saturated rings. The molecule has 9 nitrogen and oxygen atoms in total. The van der Waals surface area contributed by atoms with Gasteiger partial charge in [-0.3, -0.25) is 4.52 Å². The van der Waals surface area contributed by atoms with Gasteiger partial charge in [-0.05, 0) is 0 Å². The molecule has 0 radical (unpaired) electrons. The zero-order valence-electron chi connectivity index (χ0n) is 8.91. The number of methoxy groups -OCH3 is 1. The highest BCUT2D eigenvalue weighted by Crippen LogP contribution is 2.36. The Morgan fingerprint density at radius 1 is 1.18 bits per heavy atom. The van der Waals surface area contributed by atoms with Crippen LogP contribution in [0.4, 0.5) is 0 Å². The van der Waals surface area contributed by atoms with Crippen LogP contribution in [0.25, 0.3) is 0 Å². The molecule has 0 aromatic heterocycles. The number of rotatable bonds is 4. The van der Waals surface area contributed by atoms with Gasteiger partial charge in [-0.1, -0.05) is 0 Å². The highest BCUT2D eigenvalue weighted by atomic mass is 31.2. The molecule has 1 heterocycles. The van der Waals surface area contributed by atoms with Gasteiger partial charge < -0.3 is 34.6 Å². The minimum absolute atomic E-state index is 0.644. The lowest BCUT2D eigenvalue weighted by molar-refractivity contribution is -0.293. The predicted molar refractivity (Wildman–Crippen MR) is 51.7 cm³/mol. The fourth-order valence-electron chi connectivity index (χ4n) is 1.42. The van der Waals surface area contributed by atoms with E-state index in [0.29, 0.717) is 0 Å². The molecule has 5 atom stereocenters. The fraction of sp³-hybridized carbons (Fsp3) is 1.00. The SMILES string of the molecule is CO[C@H]1OC(COP(=O)(O)O)[C@@H](O)C(O)[C@H]1O. The van der Waals surface area contributed by atoms with Gasteiger partial charge in [0.25, 0.3) is 0 Å². The molecule has 0 saturated carbocycles. The number of phosphoric ester groups is 1. The summed E-state index contributed by atoms with van der Waals surface area (Å²) in [6.07, 6.45) is -6.98. The van der Waals surface area contributed by atoms with E-state index in [1.807, 2.05) is 0 Å². The Bertz CT molecular complexity index is 289. The molecule has 0 bridgehead atoms. The zero-order chi connectivity index (χ0) is 13.2. The number of hydrogen-bond donors (Lipinski definition) is 5. The van der Waals surface area contributed by atoms with Crippen molar-refractivity contribution in [2.24, 2.45) is 0 Å². The number of aliphatic hydroxyl groups excluding tert-OH is 3. The van der Waals surface area contributed by atoms with Gasteiger partial charge in [0.05, 0.1) is 6.61 Å². The second-order valence-corrected chi connectivity index (χ2v) is 4.78. The molecule has 0 aromatic rings. The lowest BCUT2D eigenvalue weighted by Crippen LogP contribution is -2.59. The first-order valence-electron chi connectivity index (χ1n) is 4.69. The van der Waals surface area contributed by atoms with Gasteiger partial charge in [0, 0.05) is 7.11 Å². The lowest BCUT2D eigenvalue weighted by Gasteiger charge is -2.39. The zero-order valence-corrected chi connectivity index (χ0v) is 9.80. The molecule has 17 heavy (non-hydrogen) atoms. The van der Waals surface area contributed by atoms with Crippen LogP contribution in [-0.2, 0) is 18.6 Å². The van der Waals surface area contributed by atoms with Crippen molar-refractivity contribution in [3.63, 3.8) is 0 Å². The Kier molecular flexibility index (Phi) is 5.02. The smallest absolute Gasteiger partial charge is 0.387 e. The van der Waals surface area contributed by atoms with E-state index in [4.69, 9.17) is 19.3 Å². The molecule has 102 valence electrons. The maximum Gasteiger partial charge on any atom is 0.469 e. The average molecular weight is 274 g/mol.